The van der Waals surface area contributed by atoms with Gasteiger partial charge < -0.3 is 10.5 Å². The average molecular weight is 365 g/mol. The quantitative estimate of drug-likeness (QED) is 0.773. The van der Waals surface area contributed by atoms with E-state index in [1.165, 1.54) is 0 Å². The van der Waals surface area contributed by atoms with E-state index in [-0.39, 0.29) is 16.9 Å². The van der Waals surface area contributed by atoms with Crippen LogP contribution in [0.2, 0.25) is 0 Å². The molecule has 0 saturated heterocycles. The number of nitrogens with two attached hydrogens (primary N) is 1. The van der Waals surface area contributed by atoms with Gasteiger partial charge in [-0.1, -0.05) is 19.9 Å². The molecule has 0 bridgehead atoms. The molecule has 3 N–H and O–H groups in total. The molecule has 5 nitrogen and oxygen atoms in total. The van der Waals surface area contributed by atoms with Gasteiger partial charge in [-0.2, -0.15) is 0 Å². The van der Waals surface area contributed by atoms with Gasteiger partial charge >= 0.3 is 0 Å². The lowest BCUT2D eigenvalue weighted by Crippen LogP contribution is -2.41. The van der Waals surface area contributed by atoms with Crippen molar-refractivity contribution < 1.29 is 13.2 Å². The van der Waals surface area contributed by atoms with Gasteiger partial charge in [0.25, 0.3) is 0 Å². The van der Waals surface area contributed by atoms with E-state index < -0.39 is 10.0 Å². The van der Waals surface area contributed by atoms with E-state index in [0.29, 0.717) is 17.6 Å². The van der Waals surface area contributed by atoms with Crippen LogP contribution >= 0.6 is 15.9 Å². The van der Waals surface area contributed by atoms with Crippen molar-refractivity contribution in [2.75, 3.05) is 13.7 Å². The molecule has 1 aromatic rings. The minimum atomic E-state index is -3.62. The van der Waals surface area contributed by atoms with Crippen LogP contribution in [0.3, 0.4) is 0 Å². The lowest BCUT2D eigenvalue weighted by molar-refractivity contribution is 0.157. The molecule has 0 amide bonds. The lowest BCUT2D eigenvalue weighted by Gasteiger charge is -2.22. The van der Waals surface area contributed by atoms with Gasteiger partial charge in [0, 0.05) is 24.2 Å². The molecule has 1 aromatic carbocycles. The molecule has 114 valence electrons. The zero-order valence-corrected chi connectivity index (χ0v) is 14.3. The number of ether oxygens (including phenoxy) is 1. The highest BCUT2D eigenvalue weighted by Gasteiger charge is 2.24. The Morgan fingerprint density at radius 2 is 2.05 bits per heavy atom. The molecule has 1 unspecified atom stereocenters. The summed E-state index contributed by atoms with van der Waals surface area (Å²) in [4.78, 5) is 0.196. The molecule has 0 spiro atoms. The first kappa shape index (κ1) is 17.6. The molecule has 0 aliphatic carbocycles. The molecule has 1 rings (SSSR count). The van der Waals surface area contributed by atoms with E-state index in [4.69, 9.17) is 10.5 Å². The Hall–Kier alpha value is -0.470. The standard InChI is InChI=1S/C13H21BrN2O3S/c1-9(2)12(8-19-3)16-20(17,18)13-6-10(7-15)4-5-11(13)14/h4-6,9,12,16H,7-8,15H2,1-3H3. The Kier molecular flexibility index (Phi) is 6.60. The van der Waals surface area contributed by atoms with Gasteiger partial charge in [-0.05, 0) is 39.5 Å². The van der Waals surface area contributed by atoms with Gasteiger partial charge in [-0.25, -0.2) is 13.1 Å². The summed E-state index contributed by atoms with van der Waals surface area (Å²) < 4.78 is 33.2. The maximum Gasteiger partial charge on any atom is 0.242 e. The zero-order valence-electron chi connectivity index (χ0n) is 11.9. The van der Waals surface area contributed by atoms with Crippen molar-refractivity contribution in [1.29, 1.82) is 0 Å². The summed E-state index contributed by atoms with van der Waals surface area (Å²) in [7, 11) is -2.07. The number of halogens is 1. The molecule has 7 heteroatoms. The smallest absolute Gasteiger partial charge is 0.242 e. The highest BCUT2D eigenvalue weighted by molar-refractivity contribution is 9.10. The molecular formula is C13H21BrN2O3S. The first-order valence-electron chi connectivity index (χ1n) is 6.31. The first-order chi connectivity index (χ1) is 9.31. The van der Waals surface area contributed by atoms with Crippen molar-refractivity contribution in [3.63, 3.8) is 0 Å². The number of methoxy groups -OCH3 is 1. The first-order valence-corrected chi connectivity index (χ1v) is 8.59. The van der Waals surface area contributed by atoms with E-state index in [9.17, 15) is 8.42 Å². The van der Waals surface area contributed by atoms with Crippen LogP contribution in [-0.2, 0) is 21.3 Å². The third-order valence-corrected chi connectivity index (χ3v) is 5.46. The molecule has 0 heterocycles. The molecular weight excluding hydrogens is 344 g/mol. The predicted octanol–water partition coefficient (Wildman–Crippen LogP) is 1.86. The van der Waals surface area contributed by atoms with E-state index in [1.54, 1.807) is 25.3 Å². The third kappa shape index (κ3) is 4.53. The van der Waals surface area contributed by atoms with Crippen LogP contribution in [0.4, 0.5) is 0 Å². The van der Waals surface area contributed by atoms with Crippen molar-refractivity contribution in [3.05, 3.63) is 28.2 Å². The second kappa shape index (κ2) is 7.51. The van der Waals surface area contributed by atoms with Crippen LogP contribution in [0.25, 0.3) is 0 Å². The third-order valence-electron chi connectivity index (χ3n) is 2.98. The number of benzene rings is 1. The summed E-state index contributed by atoms with van der Waals surface area (Å²) in [5.41, 5.74) is 6.32. The molecule has 20 heavy (non-hydrogen) atoms. The van der Waals surface area contributed by atoms with Gasteiger partial charge in [-0.15, -0.1) is 0 Å². The predicted molar refractivity (Wildman–Crippen MR) is 82.9 cm³/mol. The zero-order chi connectivity index (χ0) is 15.3. The SMILES string of the molecule is COCC(NS(=O)(=O)c1cc(CN)ccc1Br)C(C)C. The van der Waals surface area contributed by atoms with Crippen molar-refractivity contribution >= 4 is 26.0 Å². The molecule has 0 aliphatic heterocycles. The topological polar surface area (TPSA) is 81.4 Å². The second-order valence-electron chi connectivity index (χ2n) is 4.90. The summed E-state index contributed by atoms with van der Waals surface area (Å²) in [5.74, 6) is 0.126. The molecule has 0 aliphatic rings. The van der Waals surface area contributed by atoms with Gasteiger partial charge in [0.1, 0.15) is 0 Å². The minimum absolute atomic E-state index is 0.126. The average Bonchev–Trinajstić information content (AvgIpc) is 2.38. The van der Waals surface area contributed by atoms with Gasteiger partial charge in [0.2, 0.25) is 10.0 Å². The minimum Gasteiger partial charge on any atom is -0.383 e. The molecule has 0 saturated carbocycles. The fourth-order valence-electron chi connectivity index (χ4n) is 1.69. The van der Waals surface area contributed by atoms with Crippen LogP contribution < -0.4 is 10.5 Å². The summed E-state index contributed by atoms with van der Waals surface area (Å²) in [6.07, 6.45) is 0. The maximum atomic E-state index is 12.5. The fourth-order valence-corrected chi connectivity index (χ4v) is 4.07. The van der Waals surface area contributed by atoms with Crippen molar-refractivity contribution in [1.82, 2.24) is 4.72 Å². The van der Waals surface area contributed by atoms with E-state index in [2.05, 4.69) is 20.7 Å². The highest BCUT2D eigenvalue weighted by atomic mass is 79.9. The molecule has 0 radical (unpaired) electrons. The van der Waals surface area contributed by atoms with Crippen molar-refractivity contribution in [2.24, 2.45) is 11.7 Å². The Bertz CT molecular complexity index is 547. The lowest BCUT2D eigenvalue weighted by atomic mass is 10.1. The monoisotopic (exact) mass is 364 g/mol. The number of hydrogen-bond acceptors (Lipinski definition) is 4. The second-order valence-corrected chi connectivity index (χ2v) is 7.43. The van der Waals surface area contributed by atoms with Crippen LogP contribution in [-0.4, -0.2) is 28.2 Å². The Labute approximate surface area is 129 Å². The Morgan fingerprint density at radius 3 is 2.55 bits per heavy atom. The molecule has 0 fully saturated rings. The summed E-state index contributed by atoms with van der Waals surface area (Å²) in [6.45, 7) is 4.50. The van der Waals surface area contributed by atoms with E-state index in [0.717, 1.165) is 5.56 Å². The Balaban J connectivity index is 3.09. The van der Waals surface area contributed by atoms with Gasteiger partial charge in [-0.3, -0.25) is 0 Å². The van der Waals surface area contributed by atoms with E-state index in [1.807, 2.05) is 13.8 Å². The number of sulfonamides is 1. The summed E-state index contributed by atoms with van der Waals surface area (Å²) >= 11 is 3.27. The van der Waals surface area contributed by atoms with Crippen molar-refractivity contribution in [3.8, 4) is 0 Å². The van der Waals surface area contributed by atoms with Crippen molar-refractivity contribution in [2.45, 2.75) is 31.3 Å². The van der Waals surface area contributed by atoms with Crippen LogP contribution in [0.5, 0.6) is 0 Å². The van der Waals surface area contributed by atoms with Crippen LogP contribution in [0, 0.1) is 5.92 Å². The normalized spacial score (nSPS) is 13.7. The fraction of sp³-hybridized carbons (Fsp3) is 0.538. The maximum absolute atomic E-state index is 12.5. The highest BCUT2D eigenvalue weighted by Crippen LogP contribution is 2.23. The van der Waals surface area contributed by atoms with Crippen LogP contribution in [0.15, 0.2) is 27.6 Å². The van der Waals surface area contributed by atoms with Gasteiger partial charge in [0.05, 0.1) is 11.5 Å². The summed E-state index contributed by atoms with van der Waals surface area (Å²) in [5, 5.41) is 0. The Morgan fingerprint density at radius 1 is 1.40 bits per heavy atom. The number of hydrogen-bond donors (Lipinski definition) is 2. The largest absolute Gasteiger partial charge is 0.383 e. The summed E-state index contributed by atoms with van der Waals surface area (Å²) in [6, 6.07) is 4.78. The molecule has 1 atom stereocenters. The van der Waals surface area contributed by atoms with Crippen LogP contribution in [0.1, 0.15) is 19.4 Å². The number of rotatable bonds is 7. The number of nitrogens with one attached hydrogen (secondary N) is 1. The van der Waals surface area contributed by atoms with E-state index >= 15 is 0 Å². The molecule has 0 aromatic heterocycles. The van der Waals surface area contributed by atoms with Gasteiger partial charge in [0.15, 0.2) is 0 Å².